The van der Waals surface area contributed by atoms with Crippen molar-refractivity contribution in [2.75, 3.05) is 11.9 Å². The van der Waals surface area contributed by atoms with E-state index in [-0.39, 0.29) is 0 Å². The molecule has 1 N–H and O–H groups in total. The number of fused-ring (bicyclic) bond motifs is 1. The normalized spacial score (nSPS) is 11.0. The van der Waals surface area contributed by atoms with Crippen molar-refractivity contribution in [1.82, 2.24) is 4.98 Å². The van der Waals surface area contributed by atoms with Crippen LogP contribution in [0.3, 0.4) is 0 Å². The van der Waals surface area contributed by atoms with Crippen molar-refractivity contribution in [2.45, 2.75) is 39.0 Å². The van der Waals surface area contributed by atoms with Crippen molar-refractivity contribution < 1.29 is 0 Å². The highest BCUT2D eigenvalue weighted by molar-refractivity contribution is 7.21. The van der Waals surface area contributed by atoms with Crippen molar-refractivity contribution in [3.63, 3.8) is 0 Å². The molecule has 3 aromatic rings. The maximum Gasteiger partial charge on any atom is 0.124 e. The van der Waals surface area contributed by atoms with Gasteiger partial charge >= 0.3 is 0 Å². The highest BCUT2D eigenvalue weighted by Crippen LogP contribution is 2.31. The van der Waals surface area contributed by atoms with Crippen LogP contribution >= 0.6 is 11.3 Å². The first kappa shape index (κ1) is 16.0. The molecule has 0 aliphatic rings. The van der Waals surface area contributed by atoms with E-state index in [2.05, 4.69) is 54.7 Å². The van der Waals surface area contributed by atoms with Crippen LogP contribution in [-0.4, -0.2) is 11.5 Å². The van der Waals surface area contributed by atoms with Crippen LogP contribution in [0.15, 0.2) is 48.5 Å². The largest absolute Gasteiger partial charge is 0.385 e. The van der Waals surface area contributed by atoms with Gasteiger partial charge in [-0.1, -0.05) is 56.9 Å². The molecular weight excluding hydrogens is 300 g/mol. The molecule has 0 bridgehead atoms. The second-order valence-corrected chi connectivity index (χ2v) is 6.94. The van der Waals surface area contributed by atoms with Gasteiger partial charge in [0, 0.05) is 17.8 Å². The van der Waals surface area contributed by atoms with E-state index >= 15 is 0 Å². The predicted octanol–water partition coefficient (Wildman–Crippen LogP) is 6.35. The van der Waals surface area contributed by atoms with Crippen molar-refractivity contribution in [3.05, 3.63) is 48.5 Å². The highest BCUT2D eigenvalue weighted by atomic mass is 32.1. The lowest BCUT2D eigenvalue weighted by Crippen LogP contribution is -2.01. The van der Waals surface area contributed by atoms with Crippen LogP contribution in [0.2, 0.25) is 0 Å². The second-order valence-electron chi connectivity index (χ2n) is 5.91. The number of hydrogen-bond acceptors (Lipinski definition) is 3. The lowest BCUT2D eigenvalue weighted by molar-refractivity contribution is 0.645. The lowest BCUT2D eigenvalue weighted by Gasteiger charge is -2.07. The second kappa shape index (κ2) is 8.11. The average Bonchev–Trinajstić information content (AvgIpc) is 3.02. The smallest absolute Gasteiger partial charge is 0.124 e. The van der Waals surface area contributed by atoms with Gasteiger partial charge in [-0.3, -0.25) is 0 Å². The lowest BCUT2D eigenvalue weighted by atomic mass is 10.1. The molecular formula is C20H24N2S. The number of rotatable bonds is 8. The zero-order valence-corrected chi connectivity index (χ0v) is 14.5. The van der Waals surface area contributed by atoms with Gasteiger partial charge in [0.25, 0.3) is 0 Å². The third kappa shape index (κ3) is 4.32. The fraction of sp³-hybridized carbons (Fsp3) is 0.350. The summed E-state index contributed by atoms with van der Waals surface area (Å²) in [5.41, 5.74) is 3.47. The Morgan fingerprint density at radius 2 is 1.83 bits per heavy atom. The Morgan fingerprint density at radius 3 is 2.70 bits per heavy atom. The molecule has 0 aliphatic carbocycles. The van der Waals surface area contributed by atoms with Gasteiger partial charge in [-0.15, -0.1) is 11.3 Å². The number of thiazole rings is 1. The van der Waals surface area contributed by atoms with Crippen molar-refractivity contribution >= 4 is 27.2 Å². The van der Waals surface area contributed by atoms with Crippen LogP contribution in [0, 0.1) is 0 Å². The molecule has 0 aliphatic heterocycles. The maximum absolute atomic E-state index is 4.75. The summed E-state index contributed by atoms with van der Waals surface area (Å²) >= 11 is 1.76. The fourth-order valence-corrected chi connectivity index (χ4v) is 3.68. The van der Waals surface area contributed by atoms with E-state index in [4.69, 9.17) is 4.98 Å². The summed E-state index contributed by atoms with van der Waals surface area (Å²) in [6.45, 7) is 3.30. The molecule has 0 atom stereocenters. The molecule has 1 heterocycles. The number of anilines is 1. The molecule has 2 nitrogen and oxygen atoms in total. The number of nitrogens with zero attached hydrogens (tertiary/aromatic N) is 1. The predicted molar refractivity (Wildman–Crippen MR) is 102 cm³/mol. The van der Waals surface area contributed by atoms with E-state index < -0.39 is 0 Å². The molecule has 0 spiro atoms. The van der Waals surface area contributed by atoms with Gasteiger partial charge in [0.1, 0.15) is 5.01 Å². The quantitative estimate of drug-likeness (QED) is 0.489. The monoisotopic (exact) mass is 324 g/mol. The minimum atomic E-state index is 1.05. The van der Waals surface area contributed by atoms with Crippen LogP contribution in [0.25, 0.3) is 20.8 Å². The Morgan fingerprint density at radius 1 is 0.957 bits per heavy atom. The number of nitrogens with one attached hydrogen (secondary N) is 1. The Labute approximate surface area is 142 Å². The molecule has 3 rings (SSSR count). The first-order chi connectivity index (χ1) is 11.4. The van der Waals surface area contributed by atoms with Gasteiger partial charge in [0.15, 0.2) is 0 Å². The molecule has 2 aromatic carbocycles. The molecule has 0 radical (unpaired) electrons. The summed E-state index contributed by atoms with van der Waals surface area (Å²) in [5.74, 6) is 0. The summed E-state index contributed by atoms with van der Waals surface area (Å²) in [6.07, 6.45) is 6.57. The minimum Gasteiger partial charge on any atom is -0.385 e. The topological polar surface area (TPSA) is 24.9 Å². The van der Waals surface area contributed by atoms with E-state index in [0.717, 1.165) is 17.1 Å². The van der Waals surface area contributed by atoms with Crippen LogP contribution < -0.4 is 5.32 Å². The standard InChI is InChI=1S/C20H24N2S/c1-2-3-4-5-8-14-21-17-11-9-10-16(15-17)20-22-18-12-6-7-13-19(18)23-20/h6-7,9-13,15,21H,2-5,8,14H2,1H3. The molecule has 0 amide bonds. The number of aromatic nitrogens is 1. The van der Waals surface area contributed by atoms with Gasteiger partial charge in [-0.25, -0.2) is 4.98 Å². The molecule has 0 saturated heterocycles. The van der Waals surface area contributed by atoms with E-state index in [1.165, 1.54) is 48.1 Å². The zero-order chi connectivity index (χ0) is 15.9. The van der Waals surface area contributed by atoms with Crippen LogP contribution in [0.4, 0.5) is 5.69 Å². The molecule has 1 aromatic heterocycles. The highest BCUT2D eigenvalue weighted by Gasteiger charge is 2.06. The third-order valence-corrected chi connectivity index (χ3v) is 5.10. The number of unbranched alkanes of at least 4 members (excludes halogenated alkanes) is 4. The summed E-state index contributed by atoms with van der Waals surface area (Å²) in [5, 5.41) is 4.64. The molecule has 3 heteroatoms. The number of para-hydroxylation sites is 1. The van der Waals surface area contributed by atoms with Crippen LogP contribution in [0.1, 0.15) is 39.0 Å². The summed E-state index contributed by atoms with van der Waals surface area (Å²) < 4.78 is 1.25. The molecule has 0 saturated carbocycles. The SMILES string of the molecule is CCCCCCCNc1cccc(-c2nc3ccccc3s2)c1. The van der Waals surface area contributed by atoms with Gasteiger partial charge in [-0.2, -0.15) is 0 Å². The van der Waals surface area contributed by atoms with Crippen molar-refractivity contribution in [2.24, 2.45) is 0 Å². The summed E-state index contributed by atoms with van der Waals surface area (Å²) in [6, 6.07) is 16.9. The van der Waals surface area contributed by atoms with E-state index in [1.54, 1.807) is 11.3 Å². The summed E-state index contributed by atoms with van der Waals surface area (Å²) in [4.78, 5) is 4.75. The first-order valence-electron chi connectivity index (χ1n) is 8.56. The number of benzene rings is 2. The van der Waals surface area contributed by atoms with Gasteiger partial charge < -0.3 is 5.32 Å². The van der Waals surface area contributed by atoms with E-state index in [1.807, 2.05) is 6.07 Å². The van der Waals surface area contributed by atoms with Gasteiger partial charge in [0.2, 0.25) is 0 Å². The molecule has 120 valence electrons. The molecule has 0 unspecified atom stereocenters. The Kier molecular flexibility index (Phi) is 5.65. The average molecular weight is 324 g/mol. The third-order valence-electron chi connectivity index (χ3n) is 4.01. The van der Waals surface area contributed by atoms with Gasteiger partial charge in [0.05, 0.1) is 10.2 Å². The molecule has 23 heavy (non-hydrogen) atoms. The Bertz CT molecular complexity index is 715. The maximum atomic E-state index is 4.75. The first-order valence-corrected chi connectivity index (χ1v) is 9.38. The Balaban J connectivity index is 1.63. The van der Waals surface area contributed by atoms with Crippen LogP contribution in [-0.2, 0) is 0 Å². The van der Waals surface area contributed by atoms with Crippen molar-refractivity contribution in [3.8, 4) is 10.6 Å². The zero-order valence-electron chi connectivity index (χ0n) is 13.7. The fourth-order valence-electron chi connectivity index (χ4n) is 2.72. The van der Waals surface area contributed by atoms with Crippen LogP contribution in [0.5, 0.6) is 0 Å². The number of hydrogen-bond donors (Lipinski definition) is 1. The molecule has 0 fully saturated rings. The Hall–Kier alpha value is -1.87. The minimum absolute atomic E-state index is 1.05. The van der Waals surface area contributed by atoms with E-state index in [9.17, 15) is 0 Å². The van der Waals surface area contributed by atoms with Crippen molar-refractivity contribution in [1.29, 1.82) is 0 Å². The van der Waals surface area contributed by atoms with E-state index in [0.29, 0.717) is 0 Å². The summed E-state index contributed by atoms with van der Waals surface area (Å²) in [7, 11) is 0. The van der Waals surface area contributed by atoms with Gasteiger partial charge in [-0.05, 0) is 30.7 Å².